The first-order valence-electron chi connectivity index (χ1n) is 9.15. The van der Waals surface area contributed by atoms with Crippen LogP contribution < -0.4 is 0 Å². The quantitative estimate of drug-likeness (QED) is 0.855. The van der Waals surface area contributed by atoms with Crippen LogP contribution in [0.3, 0.4) is 0 Å². The highest BCUT2D eigenvalue weighted by atomic mass is 16.5. The van der Waals surface area contributed by atoms with E-state index in [1.165, 1.54) is 5.56 Å². The normalized spacial score (nSPS) is 26.0. The van der Waals surface area contributed by atoms with E-state index in [-0.39, 0.29) is 23.7 Å². The number of rotatable bonds is 4. The van der Waals surface area contributed by atoms with Gasteiger partial charge in [0.25, 0.3) is 0 Å². The van der Waals surface area contributed by atoms with Gasteiger partial charge in [-0.1, -0.05) is 25.1 Å². The largest absolute Gasteiger partial charge is 0.342 e. The topological polar surface area (TPSA) is 72.1 Å². The van der Waals surface area contributed by atoms with Crippen molar-refractivity contribution in [3.8, 4) is 0 Å². The van der Waals surface area contributed by atoms with E-state index in [2.05, 4.69) is 21.2 Å². The SMILES string of the molecule is CC(C)c1nc([C@@H]2CCCN(C(=O)[C@H]3C[C@H]3c3cccnc3)C2)no1. The molecule has 1 saturated heterocycles. The predicted octanol–water partition coefficient (Wildman–Crippen LogP) is 3.10. The molecule has 1 saturated carbocycles. The van der Waals surface area contributed by atoms with E-state index in [0.29, 0.717) is 18.4 Å². The number of hydrogen-bond donors (Lipinski definition) is 0. The number of pyridine rings is 1. The molecule has 0 spiro atoms. The zero-order chi connectivity index (χ0) is 17.4. The van der Waals surface area contributed by atoms with Gasteiger partial charge < -0.3 is 9.42 Å². The van der Waals surface area contributed by atoms with Crippen LogP contribution >= 0.6 is 0 Å². The van der Waals surface area contributed by atoms with Crippen molar-refractivity contribution >= 4 is 5.91 Å². The molecule has 1 aliphatic carbocycles. The van der Waals surface area contributed by atoms with Crippen LogP contribution in [0.4, 0.5) is 0 Å². The lowest BCUT2D eigenvalue weighted by atomic mass is 9.96. The summed E-state index contributed by atoms with van der Waals surface area (Å²) in [4.78, 5) is 23.6. The monoisotopic (exact) mass is 340 g/mol. The van der Waals surface area contributed by atoms with E-state index in [0.717, 1.165) is 31.6 Å². The molecule has 2 fully saturated rings. The molecule has 3 heterocycles. The Hall–Kier alpha value is -2.24. The summed E-state index contributed by atoms with van der Waals surface area (Å²) in [5.41, 5.74) is 1.18. The highest BCUT2D eigenvalue weighted by molar-refractivity contribution is 5.83. The molecule has 0 radical (unpaired) electrons. The molecule has 6 nitrogen and oxygen atoms in total. The van der Waals surface area contributed by atoms with E-state index in [1.54, 1.807) is 6.20 Å². The summed E-state index contributed by atoms with van der Waals surface area (Å²) >= 11 is 0. The second-order valence-electron chi connectivity index (χ2n) is 7.50. The number of hydrogen-bond acceptors (Lipinski definition) is 5. The number of nitrogens with zero attached hydrogens (tertiary/aromatic N) is 4. The summed E-state index contributed by atoms with van der Waals surface area (Å²) in [6.07, 6.45) is 6.59. The molecular formula is C19H24N4O2. The van der Waals surface area contributed by atoms with E-state index in [1.807, 2.05) is 31.0 Å². The third kappa shape index (κ3) is 3.30. The van der Waals surface area contributed by atoms with Crippen molar-refractivity contribution in [2.24, 2.45) is 5.92 Å². The molecule has 6 heteroatoms. The van der Waals surface area contributed by atoms with E-state index < -0.39 is 0 Å². The fraction of sp³-hybridized carbons (Fsp3) is 0.579. The van der Waals surface area contributed by atoms with Crippen molar-refractivity contribution in [3.63, 3.8) is 0 Å². The lowest BCUT2D eigenvalue weighted by Gasteiger charge is -2.31. The smallest absolute Gasteiger partial charge is 0.229 e. The van der Waals surface area contributed by atoms with Crippen LogP contribution in [0.15, 0.2) is 29.0 Å². The lowest BCUT2D eigenvalue weighted by Crippen LogP contribution is -2.40. The summed E-state index contributed by atoms with van der Waals surface area (Å²) in [5, 5.41) is 4.15. The molecule has 25 heavy (non-hydrogen) atoms. The minimum atomic E-state index is 0.111. The first kappa shape index (κ1) is 16.2. The summed E-state index contributed by atoms with van der Waals surface area (Å²) in [6.45, 7) is 5.62. The van der Waals surface area contributed by atoms with Crippen LogP contribution in [0, 0.1) is 5.92 Å². The lowest BCUT2D eigenvalue weighted by molar-refractivity contribution is -0.133. The number of piperidine rings is 1. The van der Waals surface area contributed by atoms with Gasteiger partial charge in [0.1, 0.15) is 0 Å². The Labute approximate surface area is 147 Å². The molecule has 4 rings (SSSR count). The second-order valence-corrected chi connectivity index (χ2v) is 7.50. The first-order chi connectivity index (χ1) is 12.1. The van der Waals surface area contributed by atoms with E-state index in [4.69, 9.17) is 4.52 Å². The fourth-order valence-corrected chi connectivity index (χ4v) is 3.70. The molecule has 0 aromatic carbocycles. The average molecular weight is 340 g/mol. The standard InChI is InChI=1S/C19H24N4O2/c1-12(2)18-21-17(22-25-18)14-6-4-8-23(11-14)19(24)16-9-15(16)13-5-3-7-20-10-13/h3,5,7,10,12,14-16H,4,6,8-9,11H2,1-2H3/t14-,15+,16+/m1/s1. The van der Waals surface area contributed by atoms with Gasteiger partial charge in [0.05, 0.1) is 0 Å². The number of likely N-dealkylation sites (tertiary alicyclic amines) is 1. The molecule has 2 aromatic rings. The molecule has 0 N–H and O–H groups in total. The molecule has 3 atom stereocenters. The maximum absolute atomic E-state index is 12.9. The Morgan fingerprint density at radius 1 is 1.40 bits per heavy atom. The van der Waals surface area contributed by atoms with Crippen LogP contribution in [0.2, 0.25) is 0 Å². The Kier molecular flexibility index (Phi) is 4.27. The Bertz CT molecular complexity index is 743. The molecule has 2 aromatic heterocycles. The second kappa shape index (κ2) is 6.58. The van der Waals surface area contributed by atoms with Crippen molar-refractivity contribution in [1.29, 1.82) is 0 Å². The number of carbonyl (C=O) groups is 1. The zero-order valence-electron chi connectivity index (χ0n) is 14.8. The van der Waals surface area contributed by atoms with E-state index in [9.17, 15) is 4.79 Å². The van der Waals surface area contributed by atoms with Crippen molar-refractivity contribution in [1.82, 2.24) is 20.0 Å². The molecule has 1 aliphatic heterocycles. The minimum absolute atomic E-state index is 0.111. The molecule has 132 valence electrons. The van der Waals surface area contributed by atoms with Gasteiger partial charge in [-0.15, -0.1) is 0 Å². The fourth-order valence-electron chi connectivity index (χ4n) is 3.70. The van der Waals surface area contributed by atoms with Gasteiger partial charge >= 0.3 is 0 Å². The van der Waals surface area contributed by atoms with Crippen LogP contribution in [0.1, 0.15) is 68.1 Å². The van der Waals surface area contributed by atoms with Gasteiger partial charge in [-0.3, -0.25) is 9.78 Å². The van der Waals surface area contributed by atoms with Gasteiger partial charge in [0, 0.05) is 43.2 Å². The molecule has 2 aliphatic rings. The van der Waals surface area contributed by atoms with Crippen molar-refractivity contribution < 1.29 is 9.32 Å². The third-order valence-corrected chi connectivity index (χ3v) is 5.27. The summed E-state index contributed by atoms with van der Waals surface area (Å²) in [7, 11) is 0. The van der Waals surface area contributed by atoms with Crippen LogP contribution in [0.25, 0.3) is 0 Å². The van der Waals surface area contributed by atoms with Crippen LogP contribution in [0.5, 0.6) is 0 Å². The van der Waals surface area contributed by atoms with Crippen LogP contribution in [-0.4, -0.2) is 39.0 Å². The zero-order valence-corrected chi connectivity index (χ0v) is 14.8. The number of carbonyl (C=O) groups excluding carboxylic acids is 1. The van der Waals surface area contributed by atoms with Crippen LogP contribution in [-0.2, 0) is 4.79 Å². The average Bonchev–Trinajstić information content (AvgIpc) is 3.29. The van der Waals surface area contributed by atoms with Gasteiger partial charge in [-0.05, 0) is 36.8 Å². The van der Waals surface area contributed by atoms with Gasteiger partial charge in [-0.2, -0.15) is 4.98 Å². The molecule has 0 unspecified atom stereocenters. The summed E-state index contributed by atoms with van der Waals surface area (Å²) < 4.78 is 5.34. The van der Waals surface area contributed by atoms with Crippen molar-refractivity contribution in [2.75, 3.05) is 13.1 Å². The summed E-state index contributed by atoms with van der Waals surface area (Å²) in [6, 6.07) is 4.01. The molecule has 0 bridgehead atoms. The summed E-state index contributed by atoms with van der Waals surface area (Å²) in [5.74, 6) is 2.56. The molecule has 1 amide bonds. The predicted molar refractivity (Wildman–Crippen MR) is 92.0 cm³/mol. The van der Waals surface area contributed by atoms with Gasteiger partial charge in [0.15, 0.2) is 5.82 Å². The van der Waals surface area contributed by atoms with Crippen molar-refractivity contribution in [3.05, 3.63) is 41.8 Å². The van der Waals surface area contributed by atoms with E-state index >= 15 is 0 Å². The van der Waals surface area contributed by atoms with Crippen molar-refractivity contribution in [2.45, 2.75) is 50.9 Å². The first-order valence-corrected chi connectivity index (χ1v) is 9.15. The highest BCUT2D eigenvalue weighted by Crippen LogP contribution is 2.48. The van der Waals surface area contributed by atoms with Gasteiger partial charge in [-0.25, -0.2) is 0 Å². The maximum atomic E-state index is 12.9. The minimum Gasteiger partial charge on any atom is -0.342 e. The maximum Gasteiger partial charge on any atom is 0.229 e. The van der Waals surface area contributed by atoms with Gasteiger partial charge in [0.2, 0.25) is 11.8 Å². The highest BCUT2D eigenvalue weighted by Gasteiger charge is 2.46. The number of aromatic nitrogens is 3. The number of amides is 1. The molecular weight excluding hydrogens is 316 g/mol. The Morgan fingerprint density at radius 2 is 2.28 bits per heavy atom. The Balaban J connectivity index is 1.40. The third-order valence-electron chi connectivity index (χ3n) is 5.27. The Morgan fingerprint density at radius 3 is 3.00 bits per heavy atom.